The van der Waals surface area contributed by atoms with Gasteiger partial charge in [-0.2, -0.15) is 0 Å². The van der Waals surface area contributed by atoms with Crippen molar-refractivity contribution in [1.29, 1.82) is 0 Å². The molecule has 570 valence electrons. The highest BCUT2D eigenvalue weighted by Gasteiger charge is 2.37. The Morgan fingerprint density at radius 2 is 0.532 bits per heavy atom. The number of hydrogen-bond acceptors (Lipinski definition) is 5. The van der Waals surface area contributed by atoms with E-state index >= 15 is 0 Å². The van der Waals surface area contributed by atoms with Gasteiger partial charge in [0.2, 0.25) is 0 Å². The molecule has 0 aliphatic heterocycles. The van der Waals surface area contributed by atoms with Crippen LogP contribution in [0.3, 0.4) is 0 Å². The molecule has 16 rings (SSSR count). The highest BCUT2D eigenvalue weighted by molar-refractivity contribution is 6.12. The summed E-state index contributed by atoms with van der Waals surface area (Å²) < 4.78 is 0. The number of aryl methyl sites for hydroxylation is 1. The van der Waals surface area contributed by atoms with Crippen LogP contribution >= 0.6 is 0 Å². The molecular formula is C106H116O5. The molecule has 5 aliphatic rings. The van der Waals surface area contributed by atoms with Gasteiger partial charge in [0.15, 0.2) is 28.9 Å². The second-order valence-corrected chi connectivity index (χ2v) is 33.9. The third-order valence-electron chi connectivity index (χ3n) is 23.8. The van der Waals surface area contributed by atoms with Crippen molar-refractivity contribution in [3.63, 3.8) is 0 Å². The maximum absolute atomic E-state index is 13.0. The van der Waals surface area contributed by atoms with E-state index in [1.54, 1.807) is 0 Å². The van der Waals surface area contributed by atoms with Crippen LogP contribution < -0.4 is 0 Å². The lowest BCUT2D eigenvalue weighted by molar-refractivity contribution is 0.0922. The van der Waals surface area contributed by atoms with Crippen molar-refractivity contribution in [2.45, 2.75) is 209 Å². The summed E-state index contributed by atoms with van der Waals surface area (Å²) in [4.78, 5) is 64.1. The number of Topliss-reactive ketones (excluding diaryl/α,β-unsaturated/α-hetero) is 5. The van der Waals surface area contributed by atoms with Crippen molar-refractivity contribution in [2.75, 3.05) is 0 Å². The molecule has 5 heteroatoms. The number of fused-ring (bicyclic) bond motifs is 6. The van der Waals surface area contributed by atoms with Gasteiger partial charge in [-0.05, 0) is 187 Å². The molecule has 0 radical (unpaired) electrons. The van der Waals surface area contributed by atoms with Crippen LogP contribution in [0.1, 0.15) is 256 Å². The van der Waals surface area contributed by atoms with E-state index in [2.05, 4.69) is 301 Å². The van der Waals surface area contributed by atoms with Crippen LogP contribution in [0.5, 0.6) is 0 Å². The van der Waals surface area contributed by atoms with Gasteiger partial charge in [-0.25, -0.2) is 0 Å². The fraction of sp³-hybridized carbons (Fsp3) is 0.349. The molecule has 0 saturated carbocycles. The summed E-state index contributed by atoms with van der Waals surface area (Å²) in [6.07, 6.45) is 18.7. The predicted molar refractivity (Wildman–Crippen MR) is 465 cm³/mol. The van der Waals surface area contributed by atoms with E-state index in [-0.39, 0.29) is 40.4 Å². The fourth-order valence-corrected chi connectivity index (χ4v) is 17.6. The van der Waals surface area contributed by atoms with Gasteiger partial charge in [0.25, 0.3) is 0 Å². The maximum Gasteiger partial charge on any atom is 0.167 e. The molecule has 111 heavy (non-hydrogen) atoms. The molecule has 5 nitrogen and oxygen atoms in total. The number of unbranched alkanes of at least 4 members (excludes halogenated alkanes) is 3. The monoisotopic (exact) mass is 1470 g/mol. The van der Waals surface area contributed by atoms with Gasteiger partial charge in [-0.15, -0.1) is 0 Å². The van der Waals surface area contributed by atoms with Crippen molar-refractivity contribution < 1.29 is 24.0 Å². The molecule has 5 aliphatic carbocycles. The number of benzene rings is 11. The van der Waals surface area contributed by atoms with Gasteiger partial charge < -0.3 is 0 Å². The first-order valence-electron chi connectivity index (χ1n) is 41.8. The Kier molecular flexibility index (Phi) is 26.5. The molecule has 0 aromatic heterocycles. The quantitative estimate of drug-likeness (QED) is 0.0854. The summed E-state index contributed by atoms with van der Waals surface area (Å²) in [5, 5.41) is 2.44. The second-order valence-electron chi connectivity index (χ2n) is 33.9. The molecule has 0 bridgehead atoms. The zero-order valence-electron chi connectivity index (χ0n) is 68.2. The van der Waals surface area contributed by atoms with Crippen LogP contribution in [0.4, 0.5) is 0 Å². The van der Waals surface area contributed by atoms with Crippen LogP contribution in [0.25, 0.3) is 66.4 Å². The van der Waals surface area contributed by atoms with Gasteiger partial charge in [0.05, 0.1) is 0 Å². The standard InChI is InChI=1S/C23H22O.C23H28O.C22H26O.2C19H20O/c1-2-3-8-18-15-17-11-7-14-21(22(17)23(18)24)20-13-6-10-16-9-4-5-12-19(16)20;1-5-6-8-18-15-17-9-7-10-20(21(17)22(18)24)16-11-13-19(14-12-16)23(2,3)4;1-5-7-17-14-16-8-6-9-19(20(16)21(17)23)15-10-12-18(13-11-15)22(2,3)4;1-3-5-16-12-15-6-4-7-17(18(15)19(16)20)14-10-8-13(2)9-11-14;1-2-3-8-16-13-15-11-7-12-17(18(15)19(16)20)14-9-5-4-6-10-14/h4-7,9-14,18H,2-3,8,15H2,1H3;7,9-14,18H,5-6,8,15H2,1-4H3;6,8-13,17H,5,7,14H2,1-4H3;4,6-11,16H,3,5,12H2,1-2H3;4-7,9-12,16H,2-3,8,13H2,1H3. The van der Waals surface area contributed by atoms with Gasteiger partial charge >= 0.3 is 0 Å². The van der Waals surface area contributed by atoms with Gasteiger partial charge in [0.1, 0.15) is 0 Å². The van der Waals surface area contributed by atoms with Crippen LogP contribution in [-0.2, 0) is 42.9 Å². The summed E-state index contributed by atoms with van der Waals surface area (Å²) in [7, 11) is 0. The van der Waals surface area contributed by atoms with Crippen molar-refractivity contribution in [3.8, 4) is 55.6 Å². The SMILES string of the molecule is CCCC1Cc2cccc(-c3ccc(C(C)(C)C)cc3)c2C1=O.CCCC1Cc2cccc(-c3ccc(C)cc3)c2C1=O.CCCCC1Cc2cccc(-c3ccc(C(C)(C)C)cc3)c2C1=O.CCCCC1Cc2cccc(-c3cccc4ccccc34)c2C1=O.CCCCC1Cc2cccc(-c3ccccc3)c2C1=O. The second kappa shape index (κ2) is 36.5. The molecule has 11 aromatic carbocycles. The topological polar surface area (TPSA) is 85.3 Å². The third-order valence-corrected chi connectivity index (χ3v) is 23.8. The van der Waals surface area contributed by atoms with E-state index in [1.807, 2.05) is 18.2 Å². The van der Waals surface area contributed by atoms with E-state index < -0.39 is 0 Å². The number of carbonyl (C=O) groups is 5. The summed E-state index contributed by atoms with van der Waals surface area (Å²) in [6, 6.07) is 82.5. The number of carbonyl (C=O) groups excluding carboxylic acids is 5. The molecule has 5 atom stereocenters. The van der Waals surface area contributed by atoms with Crippen LogP contribution in [-0.4, -0.2) is 28.9 Å². The molecule has 5 unspecified atom stereocenters. The minimum atomic E-state index is 0.151. The third kappa shape index (κ3) is 18.3. The van der Waals surface area contributed by atoms with Gasteiger partial charge in [0, 0.05) is 57.4 Å². The molecule has 0 fully saturated rings. The molecule has 0 amide bonds. The van der Waals surface area contributed by atoms with Crippen molar-refractivity contribution in [2.24, 2.45) is 29.6 Å². The lowest BCUT2D eigenvalue weighted by atomic mass is 9.85. The van der Waals surface area contributed by atoms with E-state index in [1.165, 1.54) is 60.8 Å². The Hall–Kier alpha value is -9.97. The summed E-state index contributed by atoms with van der Waals surface area (Å²) in [6.45, 7) is 26.3. The highest BCUT2D eigenvalue weighted by atomic mass is 16.1. The molecule has 0 saturated heterocycles. The zero-order chi connectivity index (χ0) is 78.5. The molecule has 0 N–H and O–H groups in total. The highest BCUT2D eigenvalue weighted by Crippen LogP contribution is 2.44. The van der Waals surface area contributed by atoms with E-state index in [9.17, 15) is 24.0 Å². The van der Waals surface area contributed by atoms with Gasteiger partial charge in [-0.1, -0.05) is 370 Å². The van der Waals surface area contributed by atoms with Crippen molar-refractivity contribution in [3.05, 3.63) is 309 Å². The number of ketones is 5. The maximum atomic E-state index is 13.0. The summed E-state index contributed by atoms with van der Waals surface area (Å²) >= 11 is 0. The Labute approximate surface area is 663 Å². The van der Waals surface area contributed by atoms with E-state index in [4.69, 9.17) is 0 Å². The largest absolute Gasteiger partial charge is 0.294 e. The first-order chi connectivity index (χ1) is 53.6. The first-order valence-corrected chi connectivity index (χ1v) is 41.8. The van der Waals surface area contributed by atoms with Gasteiger partial charge in [-0.3, -0.25) is 24.0 Å². The zero-order valence-corrected chi connectivity index (χ0v) is 68.2. The minimum absolute atomic E-state index is 0.151. The van der Waals surface area contributed by atoms with E-state index in [0.717, 1.165) is 193 Å². The molecule has 11 aromatic rings. The Morgan fingerprint density at radius 1 is 0.261 bits per heavy atom. The van der Waals surface area contributed by atoms with Crippen LogP contribution in [0.2, 0.25) is 0 Å². The number of rotatable bonds is 18. The Balaban J connectivity index is 0.000000129. The molecule has 0 spiro atoms. The lowest BCUT2D eigenvalue weighted by Gasteiger charge is -2.19. The van der Waals surface area contributed by atoms with Crippen molar-refractivity contribution >= 4 is 39.7 Å². The smallest absolute Gasteiger partial charge is 0.167 e. The average Bonchev–Trinajstić information content (AvgIpc) is 1.69. The fourth-order valence-electron chi connectivity index (χ4n) is 17.6. The summed E-state index contributed by atoms with van der Waals surface area (Å²) in [5.74, 6) is 2.70. The minimum Gasteiger partial charge on any atom is -0.294 e. The van der Waals surface area contributed by atoms with Crippen LogP contribution in [0, 0.1) is 36.5 Å². The molecular weight excluding hydrogens is 1350 g/mol. The lowest BCUT2D eigenvalue weighted by Crippen LogP contribution is -2.11. The first kappa shape index (κ1) is 80.5. The normalized spacial score (nSPS) is 17.1. The van der Waals surface area contributed by atoms with E-state index in [0.29, 0.717) is 28.9 Å². The van der Waals surface area contributed by atoms with Crippen LogP contribution in [0.15, 0.2) is 237 Å². The average molecular weight is 1470 g/mol. The summed E-state index contributed by atoms with van der Waals surface area (Å²) in [5.41, 5.74) is 26.5. The molecule has 0 heterocycles. The number of hydrogen-bond donors (Lipinski definition) is 0. The Morgan fingerprint density at radius 3 is 0.865 bits per heavy atom. The predicted octanol–water partition coefficient (Wildman–Crippen LogP) is 27.8. The van der Waals surface area contributed by atoms with Crippen molar-refractivity contribution in [1.82, 2.24) is 0 Å². The Bertz CT molecular complexity index is 5090.